The summed E-state index contributed by atoms with van der Waals surface area (Å²) in [6, 6.07) is 0.426. The zero-order chi connectivity index (χ0) is 9.97. The Morgan fingerprint density at radius 1 is 1.64 bits per heavy atom. The third-order valence-electron chi connectivity index (χ3n) is 2.93. The van der Waals surface area contributed by atoms with Gasteiger partial charge in [-0.05, 0) is 31.7 Å². The largest absolute Gasteiger partial charge is 0.337 e. The van der Waals surface area contributed by atoms with Crippen LogP contribution in [0.5, 0.6) is 0 Å². The lowest BCUT2D eigenvalue weighted by Crippen LogP contribution is -2.25. The van der Waals surface area contributed by atoms with Crippen LogP contribution in [0.2, 0.25) is 0 Å². The van der Waals surface area contributed by atoms with Crippen LogP contribution in [-0.2, 0) is 7.05 Å². The topological polar surface area (TPSA) is 29.9 Å². The van der Waals surface area contributed by atoms with Gasteiger partial charge in [-0.2, -0.15) is 0 Å². The Labute approximate surface area is 85.5 Å². The number of rotatable bonds is 5. The summed E-state index contributed by atoms with van der Waals surface area (Å²) in [5.41, 5.74) is 0. The van der Waals surface area contributed by atoms with Crippen LogP contribution in [-0.4, -0.2) is 16.1 Å². The smallest absolute Gasteiger partial charge is 0.125 e. The van der Waals surface area contributed by atoms with Crippen molar-refractivity contribution in [3.05, 3.63) is 18.2 Å². The van der Waals surface area contributed by atoms with Crippen molar-refractivity contribution in [2.75, 3.05) is 6.54 Å². The second-order valence-electron chi connectivity index (χ2n) is 4.21. The maximum atomic E-state index is 4.39. The van der Waals surface area contributed by atoms with Gasteiger partial charge in [0.15, 0.2) is 0 Å². The number of imidazole rings is 1. The van der Waals surface area contributed by atoms with E-state index in [-0.39, 0.29) is 0 Å². The second kappa shape index (κ2) is 4.13. The Kier molecular flexibility index (Phi) is 2.87. The fourth-order valence-corrected chi connectivity index (χ4v) is 1.76. The standard InChI is InChI=1S/C11H19N3/c1-3-10(13-8-9-4-5-9)11-12-6-7-14(11)2/h6-7,9-10,13H,3-5,8H2,1-2H3. The van der Waals surface area contributed by atoms with Crippen LogP contribution >= 0.6 is 0 Å². The van der Waals surface area contributed by atoms with Gasteiger partial charge in [0, 0.05) is 19.4 Å². The highest BCUT2D eigenvalue weighted by atomic mass is 15.1. The van der Waals surface area contributed by atoms with Gasteiger partial charge in [0.05, 0.1) is 6.04 Å². The number of hydrogen-bond acceptors (Lipinski definition) is 2. The Morgan fingerprint density at radius 2 is 2.43 bits per heavy atom. The van der Waals surface area contributed by atoms with Crippen LogP contribution in [0.25, 0.3) is 0 Å². The molecule has 0 aromatic carbocycles. The quantitative estimate of drug-likeness (QED) is 0.773. The zero-order valence-electron chi connectivity index (χ0n) is 9.03. The van der Waals surface area contributed by atoms with Crippen molar-refractivity contribution in [2.24, 2.45) is 13.0 Å². The highest BCUT2D eigenvalue weighted by Gasteiger charge is 2.23. The predicted octanol–water partition coefficient (Wildman–Crippen LogP) is 1.87. The summed E-state index contributed by atoms with van der Waals surface area (Å²) in [4.78, 5) is 4.39. The van der Waals surface area contributed by atoms with Crippen LogP contribution in [0.1, 0.15) is 38.1 Å². The molecule has 1 unspecified atom stereocenters. The molecule has 1 atom stereocenters. The van der Waals surface area contributed by atoms with Gasteiger partial charge in [-0.3, -0.25) is 0 Å². The fraction of sp³-hybridized carbons (Fsp3) is 0.727. The molecule has 14 heavy (non-hydrogen) atoms. The predicted molar refractivity (Wildman–Crippen MR) is 57.0 cm³/mol. The Hall–Kier alpha value is -0.830. The van der Waals surface area contributed by atoms with Crippen molar-refractivity contribution in [2.45, 2.75) is 32.2 Å². The summed E-state index contributed by atoms with van der Waals surface area (Å²) in [5, 5.41) is 3.59. The molecule has 0 radical (unpaired) electrons. The molecule has 3 nitrogen and oxygen atoms in total. The van der Waals surface area contributed by atoms with Gasteiger partial charge >= 0.3 is 0 Å². The summed E-state index contributed by atoms with van der Waals surface area (Å²) in [6.45, 7) is 3.37. The third kappa shape index (κ3) is 2.15. The molecule has 2 rings (SSSR count). The fourth-order valence-electron chi connectivity index (χ4n) is 1.76. The molecule has 1 N–H and O–H groups in total. The second-order valence-corrected chi connectivity index (χ2v) is 4.21. The van der Waals surface area contributed by atoms with Crippen molar-refractivity contribution >= 4 is 0 Å². The molecule has 0 saturated heterocycles. The first kappa shape index (κ1) is 9.71. The van der Waals surface area contributed by atoms with Gasteiger partial charge in [-0.15, -0.1) is 0 Å². The normalized spacial score (nSPS) is 18.4. The SMILES string of the molecule is CCC(NCC1CC1)c1nccn1C. The van der Waals surface area contributed by atoms with Gasteiger partial charge in [0.2, 0.25) is 0 Å². The van der Waals surface area contributed by atoms with Crippen LogP contribution in [0.15, 0.2) is 12.4 Å². The molecule has 0 spiro atoms. The molecule has 78 valence electrons. The van der Waals surface area contributed by atoms with E-state index >= 15 is 0 Å². The zero-order valence-corrected chi connectivity index (χ0v) is 9.03. The molecule has 1 aliphatic rings. The van der Waals surface area contributed by atoms with Crippen LogP contribution < -0.4 is 5.32 Å². The molecular formula is C11H19N3. The molecular weight excluding hydrogens is 174 g/mol. The van der Waals surface area contributed by atoms with E-state index in [4.69, 9.17) is 0 Å². The molecule has 0 bridgehead atoms. The first-order valence-electron chi connectivity index (χ1n) is 5.52. The molecule has 3 heteroatoms. The monoisotopic (exact) mass is 193 g/mol. The summed E-state index contributed by atoms with van der Waals surface area (Å²) in [5.74, 6) is 2.09. The van der Waals surface area contributed by atoms with E-state index in [1.807, 2.05) is 12.4 Å². The lowest BCUT2D eigenvalue weighted by molar-refractivity contribution is 0.470. The van der Waals surface area contributed by atoms with E-state index in [9.17, 15) is 0 Å². The molecule has 1 aromatic heterocycles. The Bertz CT molecular complexity index is 288. The van der Waals surface area contributed by atoms with Gasteiger partial charge < -0.3 is 9.88 Å². The van der Waals surface area contributed by atoms with E-state index in [0.717, 1.165) is 24.7 Å². The number of aromatic nitrogens is 2. The highest BCUT2D eigenvalue weighted by molar-refractivity contribution is 4.98. The van der Waals surface area contributed by atoms with Gasteiger partial charge in [0.1, 0.15) is 5.82 Å². The molecule has 0 amide bonds. The first-order chi connectivity index (χ1) is 6.81. The van der Waals surface area contributed by atoms with E-state index in [0.29, 0.717) is 6.04 Å². The van der Waals surface area contributed by atoms with Gasteiger partial charge in [-0.25, -0.2) is 4.98 Å². The van der Waals surface area contributed by atoms with Crippen LogP contribution in [0, 0.1) is 5.92 Å². The van der Waals surface area contributed by atoms with Crippen molar-refractivity contribution in [3.63, 3.8) is 0 Å². The summed E-state index contributed by atoms with van der Waals surface area (Å²) in [7, 11) is 2.06. The lowest BCUT2D eigenvalue weighted by Gasteiger charge is -2.16. The van der Waals surface area contributed by atoms with Crippen LogP contribution in [0.3, 0.4) is 0 Å². The Morgan fingerprint density at radius 3 is 2.93 bits per heavy atom. The number of aryl methyl sites for hydroxylation is 1. The maximum Gasteiger partial charge on any atom is 0.125 e. The number of nitrogens with zero attached hydrogens (tertiary/aromatic N) is 2. The number of nitrogens with one attached hydrogen (secondary N) is 1. The molecule has 1 fully saturated rings. The van der Waals surface area contributed by atoms with Crippen molar-refractivity contribution in [1.29, 1.82) is 0 Å². The maximum absolute atomic E-state index is 4.39. The lowest BCUT2D eigenvalue weighted by atomic mass is 10.2. The van der Waals surface area contributed by atoms with Gasteiger partial charge in [0.25, 0.3) is 0 Å². The van der Waals surface area contributed by atoms with Crippen molar-refractivity contribution in [1.82, 2.24) is 14.9 Å². The molecule has 1 aromatic rings. The minimum Gasteiger partial charge on any atom is -0.337 e. The third-order valence-corrected chi connectivity index (χ3v) is 2.93. The molecule has 1 saturated carbocycles. The van der Waals surface area contributed by atoms with E-state index in [1.165, 1.54) is 12.8 Å². The van der Waals surface area contributed by atoms with Crippen LogP contribution in [0.4, 0.5) is 0 Å². The average Bonchev–Trinajstić information content (AvgIpc) is 2.92. The Balaban J connectivity index is 1.93. The van der Waals surface area contributed by atoms with Crippen molar-refractivity contribution < 1.29 is 0 Å². The number of hydrogen-bond donors (Lipinski definition) is 1. The average molecular weight is 193 g/mol. The minimum atomic E-state index is 0.426. The minimum absolute atomic E-state index is 0.426. The molecule has 0 aliphatic heterocycles. The van der Waals surface area contributed by atoms with Crippen molar-refractivity contribution in [3.8, 4) is 0 Å². The first-order valence-corrected chi connectivity index (χ1v) is 5.52. The molecule has 1 heterocycles. The summed E-state index contributed by atoms with van der Waals surface area (Å²) < 4.78 is 2.11. The van der Waals surface area contributed by atoms with Gasteiger partial charge in [-0.1, -0.05) is 6.92 Å². The van der Waals surface area contributed by atoms with E-state index < -0.39 is 0 Å². The van der Waals surface area contributed by atoms with E-state index in [1.54, 1.807) is 0 Å². The highest BCUT2D eigenvalue weighted by Crippen LogP contribution is 2.28. The molecule has 1 aliphatic carbocycles. The summed E-state index contributed by atoms with van der Waals surface area (Å²) >= 11 is 0. The van der Waals surface area contributed by atoms with E-state index in [2.05, 4.69) is 28.8 Å². The summed E-state index contributed by atoms with van der Waals surface area (Å²) in [6.07, 6.45) is 7.80.